The normalized spacial score (nSPS) is 17.0. The van der Waals surface area contributed by atoms with Crippen molar-refractivity contribution < 1.29 is 18.8 Å². The van der Waals surface area contributed by atoms with Gasteiger partial charge >= 0.3 is 6.03 Å². The van der Waals surface area contributed by atoms with Crippen molar-refractivity contribution in [2.45, 2.75) is 64.2 Å². The molecule has 23 heavy (non-hydrogen) atoms. The minimum Gasteiger partial charge on any atom is -0.501 e. The van der Waals surface area contributed by atoms with Gasteiger partial charge in [0, 0.05) is 6.08 Å². The molecule has 0 atom stereocenters. The van der Waals surface area contributed by atoms with E-state index in [4.69, 9.17) is 9.16 Å². The average Bonchev–Trinajstić information content (AvgIpc) is 3.15. The lowest BCUT2D eigenvalue weighted by atomic mass is 10.2. The first kappa shape index (κ1) is 19.7. The van der Waals surface area contributed by atoms with Gasteiger partial charge in [-0.05, 0) is 37.9 Å². The van der Waals surface area contributed by atoms with E-state index in [2.05, 4.69) is 44.5 Å². The van der Waals surface area contributed by atoms with Crippen LogP contribution in [0.25, 0.3) is 0 Å². The largest absolute Gasteiger partial charge is 0.501 e. The summed E-state index contributed by atoms with van der Waals surface area (Å²) in [6.45, 7) is 13.7. The molecule has 1 saturated carbocycles. The highest BCUT2D eigenvalue weighted by molar-refractivity contribution is 6.74. The number of hydrogen-bond donors (Lipinski definition) is 2. The van der Waals surface area contributed by atoms with Crippen molar-refractivity contribution in [2.24, 2.45) is 0 Å². The number of carbonyl (C=O) groups is 2. The Hall–Kier alpha value is -1.34. The molecule has 0 aromatic rings. The molecular formula is C16H30N2O4Si. The predicted octanol–water partition coefficient (Wildman–Crippen LogP) is 2.92. The molecule has 0 aromatic carbocycles. The summed E-state index contributed by atoms with van der Waals surface area (Å²) in [6, 6.07) is -0.493. The predicted molar refractivity (Wildman–Crippen MR) is 92.6 cm³/mol. The molecule has 1 rings (SSSR count). The molecule has 1 aliphatic rings. The molecule has 6 nitrogen and oxygen atoms in total. The van der Waals surface area contributed by atoms with Crippen LogP contribution in [0.3, 0.4) is 0 Å². The Morgan fingerprint density at radius 1 is 1.26 bits per heavy atom. The molecule has 1 aliphatic carbocycles. The Labute approximate surface area is 140 Å². The Morgan fingerprint density at radius 2 is 1.87 bits per heavy atom. The summed E-state index contributed by atoms with van der Waals surface area (Å²) in [5.74, 6) is -0.503. The number of hydrogen-bond acceptors (Lipinski definition) is 4. The van der Waals surface area contributed by atoms with Crippen molar-refractivity contribution in [3.8, 4) is 0 Å². The van der Waals surface area contributed by atoms with Crippen molar-refractivity contribution in [1.82, 2.24) is 10.6 Å². The molecule has 0 aliphatic heterocycles. The van der Waals surface area contributed by atoms with Gasteiger partial charge in [0.25, 0.3) is 5.91 Å². The Balaban J connectivity index is 2.44. The van der Waals surface area contributed by atoms with Crippen molar-refractivity contribution in [1.29, 1.82) is 0 Å². The first-order chi connectivity index (χ1) is 10.5. The van der Waals surface area contributed by atoms with Crippen LogP contribution in [-0.4, -0.2) is 39.0 Å². The maximum Gasteiger partial charge on any atom is 0.322 e. The van der Waals surface area contributed by atoms with Crippen LogP contribution in [0.4, 0.5) is 4.79 Å². The highest BCUT2D eigenvalue weighted by atomic mass is 28.4. The molecule has 0 radical (unpaired) electrons. The van der Waals surface area contributed by atoms with Crippen LogP contribution in [0.1, 0.15) is 40.5 Å². The van der Waals surface area contributed by atoms with E-state index in [9.17, 15) is 9.59 Å². The van der Waals surface area contributed by atoms with E-state index in [1.54, 1.807) is 0 Å². The molecule has 0 bridgehead atoms. The highest BCUT2D eigenvalue weighted by Gasteiger charge is 2.47. The third-order valence-electron chi connectivity index (χ3n) is 4.47. The fourth-order valence-corrected chi connectivity index (χ4v) is 2.69. The van der Waals surface area contributed by atoms with Crippen LogP contribution >= 0.6 is 0 Å². The third-order valence-corrected chi connectivity index (χ3v) is 8.95. The van der Waals surface area contributed by atoms with E-state index in [1.807, 2.05) is 6.92 Å². The Kier molecular flexibility index (Phi) is 6.41. The first-order valence-electron chi connectivity index (χ1n) is 8.07. The van der Waals surface area contributed by atoms with Crippen LogP contribution < -0.4 is 10.6 Å². The zero-order valence-corrected chi connectivity index (χ0v) is 16.1. The van der Waals surface area contributed by atoms with Crippen LogP contribution in [0.2, 0.25) is 18.1 Å². The summed E-state index contributed by atoms with van der Waals surface area (Å²) in [7, 11) is -1.85. The lowest BCUT2D eigenvalue weighted by molar-refractivity contribution is -0.115. The van der Waals surface area contributed by atoms with Crippen molar-refractivity contribution >= 4 is 20.3 Å². The zero-order chi connectivity index (χ0) is 17.7. The number of imide groups is 1. The molecule has 0 aromatic heterocycles. The Morgan fingerprint density at radius 3 is 2.35 bits per heavy atom. The number of ether oxygens (including phenoxy) is 1. The van der Waals surface area contributed by atoms with E-state index in [0.29, 0.717) is 13.2 Å². The topological polar surface area (TPSA) is 76.7 Å². The summed E-state index contributed by atoms with van der Waals surface area (Å²) >= 11 is 0. The maximum atomic E-state index is 11.9. The van der Waals surface area contributed by atoms with Crippen LogP contribution in [0, 0.1) is 0 Å². The molecule has 1 fully saturated rings. The third kappa shape index (κ3) is 6.35. The van der Waals surface area contributed by atoms with Crippen LogP contribution in [0.5, 0.6) is 0 Å². The summed E-state index contributed by atoms with van der Waals surface area (Å²) in [4.78, 5) is 23.4. The van der Waals surface area contributed by atoms with Crippen LogP contribution in [0.15, 0.2) is 12.3 Å². The lowest BCUT2D eigenvalue weighted by Crippen LogP contribution is -2.50. The summed E-state index contributed by atoms with van der Waals surface area (Å²) in [6.07, 6.45) is 4.21. The molecule has 0 heterocycles. The molecule has 132 valence electrons. The average molecular weight is 343 g/mol. The van der Waals surface area contributed by atoms with E-state index in [0.717, 1.165) is 12.8 Å². The van der Waals surface area contributed by atoms with Gasteiger partial charge in [-0.1, -0.05) is 20.8 Å². The molecule has 2 N–H and O–H groups in total. The van der Waals surface area contributed by atoms with Gasteiger partial charge in [0.15, 0.2) is 8.32 Å². The smallest absolute Gasteiger partial charge is 0.322 e. The fraction of sp³-hybridized carbons (Fsp3) is 0.750. The lowest BCUT2D eigenvalue weighted by Gasteiger charge is -2.37. The van der Waals surface area contributed by atoms with Crippen molar-refractivity contribution in [3.05, 3.63) is 12.3 Å². The SMILES string of the molecule is CCO/C=C/C(=O)NC(=O)NC1(CO[Si](C)(C)C(C)(C)C)CC1. The highest BCUT2D eigenvalue weighted by Crippen LogP contribution is 2.41. The van der Waals surface area contributed by atoms with Crippen LogP contribution in [-0.2, 0) is 14.0 Å². The maximum absolute atomic E-state index is 11.9. The second-order valence-electron chi connectivity index (χ2n) is 7.53. The van der Waals surface area contributed by atoms with Gasteiger partial charge in [-0.3, -0.25) is 10.1 Å². The Bertz CT molecular complexity index is 465. The molecule has 3 amide bonds. The summed E-state index contributed by atoms with van der Waals surface area (Å²) in [5, 5.41) is 5.26. The molecule has 7 heteroatoms. The van der Waals surface area contributed by atoms with Gasteiger partial charge in [0.1, 0.15) is 0 Å². The van der Waals surface area contributed by atoms with E-state index >= 15 is 0 Å². The number of amides is 3. The van der Waals surface area contributed by atoms with Crippen molar-refractivity contribution in [2.75, 3.05) is 13.2 Å². The van der Waals surface area contributed by atoms with E-state index in [-0.39, 0.29) is 10.6 Å². The molecule has 0 saturated heterocycles. The standard InChI is InChI=1S/C16H30N2O4Si/c1-7-21-11-8-13(19)17-14(20)18-16(9-10-16)12-22-23(5,6)15(2,3)4/h8,11H,7,9-10,12H2,1-6H3,(H2,17,18,19,20)/b11-8+. The number of rotatable bonds is 7. The van der Waals surface area contributed by atoms with Crippen molar-refractivity contribution in [3.63, 3.8) is 0 Å². The summed E-state index contributed by atoms with van der Waals surface area (Å²) < 4.78 is 11.1. The second kappa shape index (κ2) is 7.48. The second-order valence-corrected chi connectivity index (χ2v) is 12.3. The molecule has 0 unspecified atom stereocenters. The number of carbonyl (C=O) groups excluding carboxylic acids is 2. The number of nitrogens with one attached hydrogen (secondary N) is 2. The molecule has 0 spiro atoms. The molecular weight excluding hydrogens is 312 g/mol. The van der Waals surface area contributed by atoms with Gasteiger partial charge in [-0.25, -0.2) is 4.79 Å². The van der Waals surface area contributed by atoms with Gasteiger partial charge in [-0.2, -0.15) is 0 Å². The van der Waals surface area contributed by atoms with Gasteiger partial charge < -0.3 is 14.5 Å². The van der Waals surface area contributed by atoms with Gasteiger partial charge in [-0.15, -0.1) is 0 Å². The summed E-state index contributed by atoms with van der Waals surface area (Å²) in [5.41, 5.74) is -0.330. The minimum atomic E-state index is -1.85. The van der Waals surface area contributed by atoms with E-state index < -0.39 is 20.3 Å². The first-order valence-corrected chi connectivity index (χ1v) is 11.0. The number of urea groups is 1. The fourth-order valence-electron chi connectivity index (χ4n) is 1.62. The monoisotopic (exact) mass is 342 g/mol. The minimum absolute atomic E-state index is 0.130. The quantitative estimate of drug-likeness (QED) is 0.424. The van der Waals surface area contributed by atoms with Gasteiger partial charge in [0.2, 0.25) is 0 Å². The van der Waals surface area contributed by atoms with Gasteiger partial charge in [0.05, 0.1) is 25.0 Å². The van der Waals surface area contributed by atoms with E-state index in [1.165, 1.54) is 12.3 Å². The zero-order valence-electron chi connectivity index (χ0n) is 15.1.